The molecule has 236 valence electrons. The molecule has 11 nitrogen and oxygen atoms in total. The average molecular weight is 812 g/mol. The van der Waals surface area contributed by atoms with Gasteiger partial charge in [-0.1, -0.05) is 29.8 Å². The highest BCUT2D eigenvalue weighted by molar-refractivity contribution is 14.1. The average Bonchev–Trinajstić information content (AvgIpc) is 3.00. The summed E-state index contributed by atoms with van der Waals surface area (Å²) in [7, 11) is 1.44. The van der Waals surface area contributed by atoms with E-state index >= 15 is 0 Å². The molecule has 0 saturated carbocycles. The summed E-state index contributed by atoms with van der Waals surface area (Å²) in [4.78, 5) is 37.2. The molecule has 0 spiro atoms. The van der Waals surface area contributed by atoms with Gasteiger partial charge in [-0.05, 0) is 105 Å². The number of rotatable bonds is 12. The predicted molar refractivity (Wildman–Crippen MR) is 181 cm³/mol. The Morgan fingerprint density at radius 2 is 1.87 bits per heavy atom. The second kappa shape index (κ2) is 16.0. The van der Waals surface area contributed by atoms with Crippen LogP contribution in [0.5, 0.6) is 17.2 Å². The van der Waals surface area contributed by atoms with E-state index in [1.165, 1.54) is 13.3 Å². The van der Waals surface area contributed by atoms with Gasteiger partial charge in [-0.2, -0.15) is 5.10 Å². The Morgan fingerprint density at radius 1 is 1.11 bits per heavy atom. The lowest BCUT2D eigenvalue weighted by atomic mass is 9.95. The van der Waals surface area contributed by atoms with Crippen LogP contribution in [0.15, 0.2) is 75.4 Å². The number of allylic oxidation sites excluding steroid dienone is 1. The first-order valence-electron chi connectivity index (χ1n) is 13.5. The maximum absolute atomic E-state index is 12.6. The van der Waals surface area contributed by atoms with Crippen LogP contribution in [0.4, 0.5) is 4.79 Å². The van der Waals surface area contributed by atoms with E-state index in [0.29, 0.717) is 44.4 Å². The van der Waals surface area contributed by atoms with Crippen LogP contribution in [0, 0.1) is 3.57 Å². The van der Waals surface area contributed by atoms with Gasteiger partial charge in [0.25, 0.3) is 5.91 Å². The lowest BCUT2D eigenvalue weighted by Gasteiger charge is -2.28. The summed E-state index contributed by atoms with van der Waals surface area (Å²) in [6.45, 7) is 3.49. The molecule has 3 aromatic carbocycles. The van der Waals surface area contributed by atoms with Crippen molar-refractivity contribution in [2.75, 3.05) is 20.3 Å². The first-order chi connectivity index (χ1) is 21.6. The van der Waals surface area contributed by atoms with Crippen molar-refractivity contribution in [1.29, 1.82) is 0 Å². The maximum Gasteiger partial charge on any atom is 0.338 e. The van der Waals surface area contributed by atoms with Crippen LogP contribution < -0.4 is 30.3 Å². The molecule has 1 atom stereocenters. The monoisotopic (exact) mass is 810 g/mol. The highest BCUT2D eigenvalue weighted by Gasteiger charge is 2.32. The highest BCUT2D eigenvalue weighted by atomic mass is 127. The minimum Gasteiger partial charge on any atom is -0.493 e. The largest absolute Gasteiger partial charge is 0.493 e. The SMILES string of the molecule is CCOC(=O)C1=C(C)NC(=O)N[C@@H]1c1ccc(OCC(=O)N/N=C\c2cc(Cl)c(OCc3ccc(I)cc3)c(Br)c2)c(OC)c1. The number of nitrogens with zero attached hydrogens (tertiary/aromatic N) is 1. The molecule has 14 heteroatoms. The molecule has 4 rings (SSSR count). The first-order valence-corrected chi connectivity index (χ1v) is 15.8. The number of hydrogen-bond acceptors (Lipinski definition) is 8. The second-order valence-corrected chi connectivity index (χ2v) is 12.0. The quantitative estimate of drug-likeness (QED) is 0.0882. The van der Waals surface area contributed by atoms with Gasteiger partial charge in [-0.3, -0.25) is 4.79 Å². The Kier molecular flexibility index (Phi) is 12.1. The van der Waals surface area contributed by atoms with Gasteiger partial charge in [-0.25, -0.2) is 15.0 Å². The van der Waals surface area contributed by atoms with Crippen LogP contribution in [0.3, 0.4) is 0 Å². The first kappa shape index (κ1) is 34.1. The molecule has 0 aromatic heterocycles. The van der Waals surface area contributed by atoms with E-state index < -0.39 is 23.9 Å². The van der Waals surface area contributed by atoms with Gasteiger partial charge in [0, 0.05) is 9.27 Å². The molecule has 1 aliphatic rings. The van der Waals surface area contributed by atoms with Gasteiger partial charge in [0.15, 0.2) is 23.9 Å². The van der Waals surface area contributed by atoms with E-state index in [9.17, 15) is 14.4 Å². The third kappa shape index (κ3) is 9.11. The molecule has 3 aromatic rings. The predicted octanol–water partition coefficient (Wildman–Crippen LogP) is 6.01. The van der Waals surface area contributed by atoms with Crippen molar-refractivity contribution in [3.8, 4) is 17.2 Å². The Morgan fingerprint density at radius 3 is 2.56 bits per heavy atom. The Balaban J connectivity index is 1.35. The second-order valence-electron chi connectivity index (χ2n) is 9.51. The van der Waals surface area contributed by atoms with Crippen LogP contribution in [0.2, 0.25) is 5.02 Å². The van der Waals surface area contributed by atoms with E-state index in [1.54, 1.807) is 44.2 Å². The molecule has 0 aliphatic carbocycles. The minimum atomic E-state index is -0.777. The number of nitrogens with one attached hydrogen (secondary N) is 3. The zero-order chi connectivity index (χ0) is 32.5. The molecule has 3 amide bonds. The zero-order valence-electron chi connectivity index (χ0n) is 24.4. The van der Waals surface area contributed by atoms with Crippen molar-refractivity contribution < 1.29 is 33.3 Å². The summed E-state index contributed by atoms with van der Waals surface area (Å²) < 4.78 is 23.9. The number of methoxy groups -OCH3 is 1. The lowest BCUT2D eigenvalue weighted by molar-refractivity contribution is -0.139. The summed E-state index contributed by atoms with van der Waals surface area (Å²) in [6.07, 6.45) is 1.44. The van der Waals surface area contributed by atoms with Crippen molar-refractivity contribution in [2.24, 2.45) is 5.10 Å². The molecule has 1 heterocycles. The van der Waals surface area contributed by atoms with E-state index in [4.69, 9.17) is 30.5 Å². The minimum absolute atomic E-state index is 0.180. The number of hydrazone groups is 1. The fourth-order valence-corrected chi connectivity index (χ4v) is 5.64. The topological polar surface area (TPSA) is 137 Å². The molecule has 0 bridgehead atoms. The van der Waals surface area contributed by atoms with Gasteiger partial charge in [0.1, 0.15) is 6.61 Å². The van der Waals surface area contributed by atoms with Crippen LogP contribution in [-0.2, 0) is 20.9 Å². The van der Waals surface area contributed by atoms with Crippen LogP contribution in [0.25, 0.3) is 0 Å². The highest BCUT2D eigenvalue weighted by Crippen LogP contribution is 2.36. The van der Waals surface area contributed by atoms with Crippen molar-refractivity contribution in [3.63, 3.8) is 0 Å². The number of urea groups is 1. The van der Waals surface area contributed by atoms with E-state index in [-0.39, 0.29) is 24.5 Å². The summed E-state index contributed by atoms with van der Waals surface area (Å²) >= 11 is 12.2. The number of esters is 1. The third-order valence-corrected chi connectivity index (χ3v) is 7.95. The van der Waals surface area contributed by atoms with E-state index in [0.717, 1.165) is 9.13 Å². The van der Waals surface area contributed by atoms with E-state index in [2.05, 4.69) is 59.7 Å². The van der Waals surface area contributed by atoms with Crippen molar-refractivity contribution in [2.45, 2.75) is 26.5 Å². The summed E-state index contributed by atoms with van der Waals surface area (Å²) in [5.74, 6) is -0.0120. The molecule has 0 radical (unpaired) electrons. The Labute approximate surface area is 286 Å². The molecule has 0 saturated heterocycles. The summed E-state index contributed by atoms with van der Waals surface area (Å²) in [6, 6.07) is 15.0. The Hall–Kier alpha value is -3.82. The number of ether oxygens (including phenoxy) is 4. The number of halogens is 3. The standard InChI is InChI=1S/C31H29BrClIN4O7/c1-4-43-30(40)27-17(2)36-31(41)37-28(27)20-7-10-24(25(13-20)42-3)44-16-26(39)38-35-14-19-11-22(32)29(23(33)12-19)45-15-18-5-8-21(34)9-6-18/h5-14,28H,4,15-16H2,1-3H3,(H,38,39)(H2,36,37,41)/b35-14-/t28-/m1/s1. The van der Waals surface area contributed by atoms with Gasteiger partial charge in [0.2, 0.25) is 0 Å². The third-order valence-electron chi connectivity index (χ3n) is 6.36. The molecule has 45 heavy (non-hydrogen) atoms. The molecular weight excluding hydrogens is 783 g/mol. The fraction of sp³-hybridized carbons (Fsp3) is 0.226. The number of benzene rings is 3. The molecular formula is C31H29BrClIN4O7. The molecule has 3 N–H and O–H groups in total. The normalized spacial score (nSPS) is 14.4. The maximum atomic E-state index is 12.6. The van der Waals surface area contributed by atoms with Gasteiger partial charge < -0.3 is 29.6 Å². The van der Waals surface area contributed by atoms with Crippen LogP contribution >= 0.6 is 50.1 Å². The molecule has 1 aliphatic heterocycles. The molecule has 0 unspecified atom stereocenters. The van der Waals surface area contributed by atoms with Gasteiger partial charge in [-0.15, -0.1) is 0 Å². The number of amides is 3. The number of carbonyl (C=O) groups is 3. The van der Waals surface area contributed by atoms with Gasteiger partial charge in [0.05, 0.1) is 41.0 Å². The summed E-state index contributed by atoms with van der Waals surface area (Å²) in [5, 5.41) is 9.69. The van der Waals surface area contributed by atoms with Crippen molar-refractivity contribution >= 4 is 74.2 Å². The Bertz CT molecular complexity index is 1630. The van der Waals surface area contributed by atoms with Crippen molar-refractivity contribution in [3.05, 3.63) is 95.6 Å². The van der Waals surface area contributed by atoms with Crippen LogP contribution in [-0.4, -0.2) is 44.4 Å². The van der Waals surface area contributed by atoms with Gasteiger partial charge >= 0.3 is 12.0 Å². The summed E-state index contributed by atoms with van der Waals surface area (Å²) in [5.41, 5.74) is 5.25. The van der Waals surface area contributed by atoms with E-state index in [1.807, 2.05) is 24.3 Å². The van der Waals surface area contributed by atoms with Crippen molar-refractivity contribution in [1.82, 2.24) is 16.1 Å². The lowest BCUT2D eigenvalue weighted by Crippen LogP contribution is -2.45. The fourth-order valence-electron chi connectivity index (χ4n) is 4.29. The number of carbonyl (C=O) groups excluding carboxylic acids is 3. The smallest absolute Gasteiger partial charge is 0.338 e. The zero-order valence-corrected chi connectivity index (χ0v) is 28.9. The van der Waals surface area contributed by atoms with Crippen LogP contribution in [0.1, 0.15) is 36.6 Å². The molecule has 0 fully saturated rings. The number of hydrogen-bond donors (Lipinski definition) is 3.